The molecule has 9 heteroatoms. The molecule has 1 aliphatic heterocycles. The average molecular weight is 320 g/mol. The van der Waals surface area contributed by atoms with Gasteiger partial charge >= 0.3 is 13.1 Å². The molecule has 1 aliphatic carbocycles. The van der Waals surface area contributed by atoms with Crippen molar-refractivity contribution in [2.24, 2.45) is 0 Å². The standard InChI is InChI=1S/C11H12BCl2NO5/c1-4(16)15-8-3-5-9(14)7(13)2-6(11(17)18)10(5)20-12(8)19/h2,7-9,19H,3H2,1H3,(H,15,16)(H,17,18)/t7?,8-,9?/m0/s1. The molecular weight excluding hydrogens is 308 g/mol. The summed E-state index contributed by atoms with van der Waals surface area (Å²) in [5.74, 6) is -2.20. The maximum Gasteiger partial charge on any atom is 0.547 e. The van der Waals surface area contributed by atoms with E-state index in [9.17, 15) is 14.6 Å². The molecule has 2 unspecified atom stereocenters. The van der Waals surface area contributed by atoms with Gasteiger partial charge in [-0.3, -0.25) is 4.79 Å². The first kappa shape index (κ1) is 15.2. The van der Waals surface area contributed by atoms with Crippen LogP contribution >= 0.6 is 23.2 Å². The minimum atomic E-state index is -1.34. The summed E-state index contributed by atoms with van der Waals surface area (Å²) in [6.07, 6.45) is 1.46. The molecule has 0 aromatic carbocycles. The SMILES string of the molecule is CC(=O)N[C@H]1CC2=C(OB1O)C(C(=O)O)=CC(Cl)C2Cl. The number of rotatable bonds is 2. The second-order valence-electron chi connectivity index (χ2n) is 4.61. The largest absolute Gasteiger partial charge is 0.547 e. The van der Waals surface area contributed by atoms with E-state index in [4.69, 9.17) is 33.0 Å². The molecule has 0 aromatic rings. The molecule has 1 heterocycles. The van der Waals surface area contributed by atoms with Crippen molar-refractivity contribution in [2.75, 3.05) is 0 Å². The summed E-state index contributed by atoms with van der Waals surface area (Å²) in [4.78, 5) is 22.3. The minimum absolute atomic E-state index is 0.0310. The molecule has 0 saturated heterocycles. The van der Waals surface area contributed by atoms with Gasteiger partial charge in [-0.05, 0) is 18.1 Å². The normalized spacial score (nSPS) is 29.3. The van der Waals surface area contributed by atoms with Crippen LogP contribution in [-0.2, 0) is 14.2 Å². The molecule has 1 amide bonds. The number of carbonyl (C=O) groups excluding carboxylic acids is 1. The lowest BCUT2D eigenvalue weighted by atomic mass is 9.70. The maximum absolute atomic E-state index is 11.2. The van der Waals surface area contributed by atoms with Crippen molar-refractivity contribution in [1.29, 1.82) is 0 Å². The number of amides is 1. The van der Waals surface area contributed by atoms with Gasteiger partial charge in [0.05, 0.1) is 22.3 Å². The van der Waals surface area contributed by atoms with Crippen LogP contribution in [0.2, 0.25) is 0 Å². The third kappa shape index (κ3) is 2.80. The summed E-state index contributed by atoms with van der Waals surface area (Å²) in [5, 5.41) is 20.2. The predicted molar refractivity (Wildman–Crippen MR) is 73.3 cm³/mol. The quantitative estimate of drug-likeness (QED) is 0.506. The van der Waals surface area contributed by atoms with Crippen molar-refractivity contribution in [1.82, 2.24) is 5.32 Å². The third-order valence-corrected chi connectivity index (χ3v) is 4.16. The van der Waals surface area contributed by atoms with Crippen molar-refractivity contribution in [2.45, 2.75) is 30.0 Å². The molecule has 3 atom stereocenters. The van der Waals surface area contributed by atoms with Gasteiger partial charge in [-0.25, -0.2) is 4.79 Å². The Labute approximate surface area is 125 Å². The summed E-state index contributed by atoms with van der Waals surface area (Å²) in [6.45, 7) is 1.31. The second kappa shape index (κ2) is 5.67. The number of hydrogen-bond donors (Lipinski definition) is 3. The van der Waals surface area contributed by atoms with Crippen LogP contribution in [0.4, 0.5) is 0 Å². The first-order valence-electron chi connectivity index (χ1n) is 5.89. The number of allylic oxidation sites excluding steroid dienone is 1. The maximum atomic E-state index is 11.2. The van der Waals surface area contributed by atoms with Crippen molar-refractivity contribution < 1.29 is 24.4 Å². The Hall–Kier alpha value is -1.18. The van der Waals surface area contributed by atoms with Crippen LogP contribution in [0.1, 0.15) is 13.3 Å². The number of nitrogens with one attached hydrogen (secondary N) is 1. The zero-order valence-corrected chi connectivity index (χ0v) is 12.0. The van der Waals surface area contributed by atoms with Gasteiger partial charge in [-0.2, -0.15) is 0 Å². The van der Waals surface area contributed by atoms with Gasteiger partial charge < -0.3 is 20.1 Å². The van der Waals surface area contributed by atoms with E-state index in [1.807, 2.05) is 0 Å². The highest BCUT2D eigenvalue weighted by molar-refractivity contribution is 6.46. The lowest BCUT2D eigenvalue weighted by Gasteiger charge is -2.35. The Kier molecular flexibility index (Phi) is 4.32. The summed E-state index contributed by atoms with van der Waals surface area (Å²) < 4.78 is 5.22. The summed E-state index contributed by atoms with van der Waals surface area (Å²) >= 11 is 12.2. The van der Waals surface area contributed by atoms with Gasteiger partial charge in [-0.15, -0.1) is 23.2 Å². The molecule has 0 spiro atoms. The average Bonchev–Trinajstić information content (AvgIpc) is 2.34. The smallest absolute Gasteiger partial charge is 0.534 e. The Bertz CT molecular complexity index is 521. The van der Waals surface area contributed by atoms with Crippen molar-refractivity contribution >= 4 is 42.2 Å². The minimum Gasteiger partial charge on any atom is -0.534 e. The highest BCUT2D eigenvalue weighted by Gasteiger charge is 2.43. The number of alkyl halides is 2. The molecule has 0 saturated carbocycles. The van der Waals surface area contributed by atoms with Crippen LogP contribution in [0.5, 0.6) is 0 Å². The Morgan fingerprint density at radius 1 is 1.50 bits per heavy atom. The first-order valence-corrected chi connectivity index (χ1v) is 6.77. The molecule has 0 radical (unpaired) electrons. The highest BCUT2D eigenvalue weighted by Crippen LogP contribution is 2.38. The van der Waals surface area contributed by atoms with E-state index in [1.54, 1.807) is 0 Å². The number of carboxylic acids is 1. The molecule has 2 rings (SSSR count). The number of carbonyl (C=O) groups is 2. The van der Waals surface area contributed by atoms with Crippen molar-refractivity contribution in [3.63, 3.8) is 0 Å². The van der Waals surface area contributed by atoms with Gasteiger partial charge in [0.2, 0.25) is 5.91 Å². The summed E-state index contributed by atoms with van der Waals surface area (Å²) in [7, 11) is -1.34. The first-order chi connectivity index (χ1) is 9.31. The monoisotopic (exact) mass is 319 g/mol. The van der Waals surface area contributed by atoms with Gasteiger partial charge in [-0.1, -0.05) is 0 Å². The van der Waals surface area contributed by atoms with Crippen molar-refractivity contribution in [3.8, 4) is 0 Å². The van der Waals surface area contributed by atoms with Crippen LogP contribution in [-0.4, -0.2) is 45.8 Å². The second-order valence-corrected chi connectivity index (χ2v) is 5.58. The molecule has 3 N–H and O–H groups in total. The van der Waals surface area contributed by atoms with Gasteiger partial charge in [0.15, 0.2) is 0 Å². The zero-order valence-electron chi connectivity index (χ0n) is 10.5. The van der Waals surface area contributed by atoms with Gasteiger partial charge in [0.25, 0.3) is 0 Å². The van der Waals surface area contributed by atoms with Crippen LogP contribution in [0, 0.1) is 0 Å². The Morgan fingerprint density at radius 2 is 2.15 bits per heavy atom. The molecular formula is C11H12BCl2NO5. The van der Waals surface area contributed by atoms with E-state index >= 15 is 0 Å². The fourth-order valence-electron chi connectivity index (χ4n) is 2.25. The van der Waals surface area contributed by atoms with Gasteiger partial charge in [0.1, 0.15) is 5.76 Å². The lowest BCUT2D eigenvalue weighted by molar-refractivity contribution is -0.132. The third-order valence-electron chi connectivity index (χ3n) is 3.12. The Balaban J connectivity index is 2.36. The van der Waals surface area contributed by atoms with Crippen LogP contribution in [0.15, 0.2) is 23.0 Å². The van der Waals surface area contributed by atoms with Crippen LogP contribution in [0.25, 0.3) is 0 Å². The number of halogens is 2. The van der Waals surface area contributed by atoms with E-state index in [0.29, 0.717) is 5.57 Å². The predicted octanol–water partition coefficient (Wildman–Crippen LogP) is 0.425. The lowest BCUT2D eigenvalue weighted by Crippen LogP contribution is -2.51. The Morgan fingerprint density at radius 3 is 2.70 bits per heavy atom. The van der Waals surface area contributed by atoms with E-state index in [0.717, 1.165) is 0 Å². The molecule has 20 heavy (non-hydrogen) atoms. The van der Waals surface area contributed by atoms with Crippen LogP contribution < -0.4 is 5.32 Å². The van der Waals surface area contributed by atoms with Crippen LogP contribution in [0.3, 0.4) is 0 Å². The molecule has 2 aliphatic rings. The van der Waals surface area contributed by atoms with E-state index in [2.05, 4.69) is 5.32 Å². The molecule has 6 nitrogen and oxygen atoms in total. The molecule has 108 valence electrons. The van der Waals surface area contributed by atoms with Gasteiger partial charge in [0, 0.05) is 6.92 Å². The highest BCUT2D eigenvalue weighted by atomic mass is 35.5. The zero-order chi connectivity index (χ0) is 15.0. The van der Waals surface area contributed by atoms with E-state index in [1.165, 1.54) is 13.0 Å². The molecule has 0 fully saturated rings. The number of hydrogen-bond acceptors (Lipinski definition) is 4. The summed E-state index contributed by atoms with van der Waals surface area (Å²) in [5.41, 5.74) is 0.341. The summed E-state index contributed by atoms with van der Waals surface area (Å²) in [6, 6.07) is 0. The van der Waals surface area contributed by atoms with E-state index in [-0.39, 0.29) is 23.7 Å². The number of aliphatic carboxylic acids is 1. The fourth-order valence-corrected chi connectivity index (χ4v) is 2.79. The number of carboxylic acid groups (broad SMARTS) is 1. The van der Waals surface area contributed by atoms with E-state index < -0.39 is 29.8 Å². The fraction of sp³-hybridized carbons (Fsp3) is 0.455. The molecule has 0 aromatic heterocycles. The topological polar surface area (TPSA) is 95.9 Å². The molecule has 0 bridgehead atoms. The van der Waals surface area contributed by atoms with Crippen molar-refractivity contribution in [3.05, 3.63) is 23.0 Å².